The Morgan fingerprint density at radius 3 is 2.47 bits per heavy atom. The average molecular weight is 667 g/mol. The van der Waals surface area contributed by atoms with Crippen molar-refractivity contribution in [2.24, 2.45) is 11.8 Å². The minimum absolute atomic E-state index is 0. The number of hydrogen-bond donors (Lipinski definition) is 2. The van der Waals surface area contributed by atoms with E-state index < -0.39 is 55.0 Å². The predicted molar refractivity (Wildman–Crippen MR) is 157 cm³/mol. The van der Waals surface area contributed by atoms with Crippen LogP contribution in [-0.2, 0) is 39.7 Å². The van der Waals surface area contributed by atoms with Gasteiger partial charge in [0.15, 0.2) is 6.29 Å². The van der Waals surface area contributed by atoms with Gasteiger partial charge in [0.25, 0.3) is 7.82 Å². The molecule has 4 rings (SSSR count). The Balaban J connectivity index is 0.00000337. The van der Waals surface area contributed by atoms with Gasteiger partial charge < -0.3 is 35.3 Å². The maximum Gasteiger partial charge on any atom is 2.00 e. The van der Waals surface area contributed by atoms with E-state index in [2.05, 4.69) is 5.32 Å². The first-order valence-electron chi connectivity index (χ1n) is 13.8. The van der Waals surface area contributed by atoms with Crippen LogP contribution in [0, 0.1) is 18.8 Å². The molecule has 1 amide bonds. The molecule has 2 aromatic rings. The van der Waals surface area contributed by atoms with E-state index in [0.29, 0.717) is 18.6 Å². The molecule has 0 aliphatic carbocycles. The molecular formula is C28H39CaN2O10PS. The third kappa shape index (κ3) is 10.5. The van der Waals surface area contributed by atoms with Crippen molar-refractivity contribution in [1.82, 2.24) is 9.62 Å². The summed E-state index contributed by atoms with van der Waals surface area (Å²) < 4.78 is 62.4. The van der Waals surface area contributed by atoms with Gasteiger partial charge in [0.05, 0.1) is 30.1 Å². The predicted octanol–water partition coefficient (Wildman–Crippen LogP) is 2.32. The molecule has 12 nitrogen and oxygen atoms in total. The number of alkyl carbamates (subject to hydrolysis) is 1. The van der Waals surface area contributed by atoms with Crippen LogP contribution in [0.4, 0.5) is 4.79 Å². The van der Waals surface area contributed by atoms with Crippen LogP contribution in [0.2, 0.25) is 0 Å². The number of aryl methyl sites for hydroxylation is 1. The van der Waals surface area contributed by atoms with Crippen molar-refractivity contribution in [1.29, 1.82) is 0 Å². The second-order valence-corrected chi connectivity index (χ2v) is 14.1. The first-order valence-corrected chi connectivity index (χ1v) is 16.8. The standard InChI is InChI=1S/C28H39N2O10PS.Ca.H/c1-19(2)16-30(42(35,36)22-11-9-20(3)10-12-22)17-25(40-41(32,33)34)24(15-21-7-5-4-6-8-21)29-28(31)39-26-18-38-27-23(26)13-14-37-27;;/h4-12,19,23-27H,13-18H2,1-3H3,(H,29,31)(H2,32,33,34);;/q;+2;-1/p-1. The van der Waals surface area contributed by atoms with E-state index in [1.165, 1.54) is 12.1 Å². The maximum atomic E-state index is 13.7. The van der Waals surface area contributed by atoms with Crippen LogP contribution >= 0.6 is 7.82 Å². The van der Waals surface area contributed by atoms with Gasteiger partial charge in [0, 0.05) is 13.1 Å². The van der Waals surface area contributed by atoms with Crippen LogP contribution in [0.1, 0.15) is 32.8 Å². The molecule has 0 saturated carbocycles. The molecule has 6 unspecified atom stereocenters. The molecule has 2 N–H and O–H groups in total. The van der Waals surface area contributed by atoms with Crippen molar-refractivity contribution in [2.45, 2.75) is 63.0 Å². The topological polar surface area (TPSA) is 164 Å². The van der Waals surface area contributed by atoms with Gasteiger partial charge in [0.1, 0.15) is 12.2 Å². The number of hydrogen-bond acceptors (Lipinski definition) is 9. The molecule has 2 saturated heterocycles. The first-order chi connectivity index (χ1) is 19.8. The Labute approximate surface area is 284 Å². The monoisotopic (exact) mass is 666 g/mol. The van der Waals surface area contributed by atoms with Gasteiger partial charge in [-0.25, -0.2) is 13.2 Å². The molecule has 2 aromatic carbocycles. The number of ether oxygens (including phenoxy) is 3. The fourth-order valence-corrected chi connectivity index (χ4v) is 7.33. The van der Waals surface area contributed by atoms with Crippen molar-refractivity contribution < 1.29 is 47.7 Å². The molecule has 0 radical (unpaired) electrons. The maximum absolute atomic E-state index is 13.7. The molecule has 15 heteroatoms. The number of phosphoric acid groups is 1. The van der Waals surface area contributed by atoms with Crippen LogP contribution in [0.15, 0.2) is 59.5 Å². The number of rotatable bonds is 13. The molecule has 2 fully saturated rings. The van der Waals surface area contributed by atoms with Gasteiger partial charge in [-0.1, -0.05) is 61.9 Å². The zero-order valence-electron chi connectivity index (χ0n) is 25.5. The Morgan fingerprint density at radius 2 is 1.84 bits per heavy atom. The number of nitrogens with one attached hydrogen (secondary N) is 1. The average Bonchev–Trinajstić information content (AvgIpc) is 3.52. The Hall–Kier alpha value is -1.09. The zero-order valence-corrected chi connectivity index (χ0v) is 28.5. The van der Waals surface area contributed by atoms with Crippen LogP contribution < -0.4 is 10.2 Å². The summed E-state index contributed by atoms with van der Waals surface area (Å²) in [6, 6.07) is 14.0. The van der Waals surface area contributed by atoms with E-state index in [9.17, 15) is 27.6 Å². The summed E-state index contributed by atoms with van der Waals surface area (Å²) in [7, 11) is -9.51. The number of carbonyl (C=O) groups is 1. The van der Waals surface area contributed by atoms with E-state index in [1.54, 1.807) is 42.5 Å². The minimum atomic E-state index is -5.39. The smallest absolute Gasteiger partial charge is 1.00 e. The summed E-state index contributed by atoms with van der Waals surface area (Å²) in [6.07, 6.45) is -2.68. The van der Waals surface area contributed by atoms with E-state index in [1.807, 2.05) is 20.8 Å². The van der Waals surface area contributed by atoms with Crippen LogP contribution in [-0.4, -0.2) is 112 Å². The van der Waals surface area contributed by atoms with Crippen LogP contribution in [0.5, 0.6) is 0 Å². The van der Waals surface area contributed by atoms with Gasteiger partial charge in [-0.2, -0.15) is 4.31 Å². The van der Waals surface area contributed by atoms with E-state index in [-0.39, 0.29) is 75.5 Å². The Morgan fingerprint density at radius 1 is 1.16 bits per heavy atom. The Bertz CT molecular complexity index is 1350. The van der Waals surface area contributed by atoms with E-state index in [0.717, 1.165) is 9.87 Å². The van der Waals surface area contributed by atoms with E-state index in [4.69, 9.17) is 18.7 Å². The molecule has 2 heterocycles. The molecule has 0 bridgehead atoms. The zero-order chi connectivity index (χ0) is 30.5. The normalized spacial score (nSPS) is 22.8. The van der Waals surface area contributed by atoms with E-state index >= 15 is 0 Å². The Kier molecular flexibility index (Phi) is 13.5. The van der Waals surface area contributed by atoms with Crippen molar-refractivity contribution in [3.8, 4) is 0 Å². The van der Waals surface area contributed by atoms with Crippen molar-refractivity contribution >= 4 is 61.7 Å². The molecule has 6 atom stereocenters. The molecule has 0 spiro atoms. The number of amides is 1. The molecule has 2 aliphatic rings. The first kappa shape index (κ1) is 36.4. The molecule has 2 aliphatic heterocycles. The van der Waals surface area contributed by atoms with Crippen LogP contribution in [0.25, 0.3) is 0 Å². The summed E-state index contributed by atoms with van der Waals surface area (Å²) >= 11 is 0. The minimum Gasteiger partial charge on any atom is -1.00 e. The summed E-state index contributed by atoms with van der Waals surface area (Å²) in [6.45, 7) is 5.64. The van der Waals surface area contributed by atoms with Crippen molar-refractivity contribution in [3.05, 3.63) is 65.7 Å². The number of fused-ring (bicyclic) bond motifs is 1. The number of phosphoric ester groups is 1. The molecular weight excluding hydrogens is 627 g/mol. The van der Waals surface area contributed by atoms with Gasteiger partial charge in [-0.05, 0) is 43.4 Å². The number of nitrogens with zero attached hydrogens (tertiary/aromatic N) is 1. The molecule has 234 valence electrons. The van der Waals surface area contributed by atoms with Gasteiger partial charge in [-0.15, -0.1) is 0 Å². The number of carbonyl (C=O) groups excluding carboxylic acids is 1. The van der Waals surface area contributed by atoms with Crippen molar-refractivity contribution in [3.63, 3.8) is 0 Å². The summed E-state index contributed by atoms with van der Waals surface area (Å²) in [5, 5.41) is 2.68. The fourth-order valence-electron chi connectivity index (χ4n) is 5.16. The second kappa shape index (κ2) is 16.0. The molecule has 43 heavy (non-hydrogen) atoms. The number of sulfonamides is 1. The SMILES string of the molecule is Cc1ccc(S(=O)(=O)N(CC(C)C)CC(OP(=O)([O-])O)C(Cc2ccccc2)NC(=O)OC2COC3OCCC23)cc1.[Ca+2].[H-]. The fraction of sp³-hybridized carbons (Fsp3) is 0.536. The number of benzene rings is 2. The molecule has 0 aromatic heterocycles. The largest absolute Gasteiger partial charge is 2.00 e. The van der Waals surface area contributed by atoms with Crippen LogP contribution in [0.3, 0.4) is 0 Å². The van der Waals surface area contributed by atoms with Crippen molar-refractivity contribution in [2.75, 3.05) is 26.3 Å². The second-order valence-electron chi connectivity index (χ2n) is 11.1. The summed E-state index contributed by atoms with van der Waals surface area (Å²) in [5.74, 6) is -0.274. The summed E-state index contributed by atoms with van der Waals surface area (Å²) in [5.41, 5.74) is 1.58. The van der Waals surface area contributed by atoms with Gasteiger partial charge in [-0.3, -0.25) is 4.57 Å². The third-order valence-corrected chi connectivity index (χ3v) is 9.56. The van der Waals surface area contributed by atoms with Gasteiger partial charge >= 0.3 is 43.8 Å². The quantitative estimate of drug-likeness (QED) is 0.240. The third-order valence-electron chi connectivity index (χ3n) is 7.17. The van der Waals surface area contributed by atoms with Gasteiger partial charge in [0.2, 0.25) is 10.0 Å². The summed E-state index contributed by atoms with van der Waals surface area (Å²) in [4.78, 5) is 35.0.